The highest BCUT2D eigenvalue weighted by Crippen LogP contribution is 2.38. The molecule has 202 valence electrons. The fourth-order valence-corrected chi connectivity index (χ4v) is 5.23. The molecule has 0 spiro atoms. The van der Waals surface area contributed by atoms with Crippen molar-refractivity contribution < 1.29 is 38.7 Å². The van der Waals surface area contributed by atoms with Crippen molar-refractivity contribution >= 4 is 17.9 Å². The summed E-state index contributed by atoms with van der Waals surface area (Å²) < 4.78 is 22.5. The maximum atomic E-state index is 12.3. The average Bonchev–Trinajstić information content (AvgIpc) is 3.51. The number of aromatic nitrogens is 1. The zero-order valence-corrected chi connectivity index (χ0v) is 21.6. The molecule has 3 aliphatic heterocycles. The van der Waals surface area contributed by atoms with E-state index in [0.29, 0.717) is 31.2 Å². The van der Waals surface area contributed by atoms with Gasteiger partial charge in [0, 0.05) is 24.9 Å². The Kier molecular flexibility index (Phi) is 8.72. The van der Waals surface area contributed by atoms with E-state index in [1.807, 2.05) is 18.7 Å². The number of carbonyl (C=O) groups is 1. The van der Waals surface area contributed by atoms with Crippen LogP contribution in [0.5, 0.6) is 0 Å². The Bertz CT molecular complexity index is 925. The van der Waals surface area contributed by atoms with Crippen molar-refractivity contribution in [1.29, 1.82) is 0 Å². The number of hydrogen-bond donors (Lipinski definition) is 3. The Labute approximate surface area is 212 Å². The Morgan fingerprint density at radius 2 is 1.92 bits per heavy atom. The van der Waals surface area contributed by atoms with E-state index in [4.69, 9.17) is 18.6 Å². The van der Waals surface area contributed by atoms with Crippen LogP contribution in [0.25, 0.3) is 6.08 Å². The Balaban J connectivity index is 1.36. The largest absolute Gasteiger partial charge is 0.464 e. The highest BCUT2D eigenvalue weighted by molar-refractivity contribution is 5.92. The van der Waals surface area contributed by atoms with Crippen molar-refractivity contribution in [3.63, 3.8) is 0 Å². The Hall–Kier alpha value is -1.98. The Morgan fingerprint density at radius 3 is 2.58 bits per heavy atom. The van der Waals surface area contributed by atoms with Gasteiger partial charge in [0.25, 0.3) is 0 Å². The number of methoxy groups -OCH3 is 1. The van der Waals surface area contributed by atoms with Crippen LogP contribution >= 0.6 is 0 Å². The molecule has 0 bridgehead atoms. The van der Waals surface area contributed by atoms with E-state index < -0.39 is 30.4 Å². The summed E-state index contributed by atoms with van der Waals surface area (Å²) in [6.45, 7) is 7.48. The molecular weight excluding hydrogens is 468 g/mol. The summed E-state index contributed by atoms with van der Waals surface area (Å²) in [5.41, 5.74) is 1.00. The van der Waals surface area contributed by atoms with E-state index in [1.54, 1.807) is 13.0 Å². The number of hydrogen-bond acceptors (Lipinski definition) is 10. The first-order valence-electron chi connectivity index (χ1n) is 13.0. The van der Waals surface area contributed by atoms with Crippen molar-refractivity contribution in [2.24, 2.45) is 11.8 Å². The van der Waals surface area contributed by atoms with Gasteiger partial charge in [-0.25, -0.2) is 9.78 Å². The smallest absolute Gasteiger partial charge is 0.362 e. The summed E-state index contributed by atoms with van der Waals surface area (Å²) in [6, 6.07) is 0. The van der Waals surface area contributed by atoms with Gasteiger partial charge in [0.2, 0.25) is 17.5 Å². The van der Waals surface area contributed by atoms with E-state index in [2.05, 4.69) is 4.98 Å². The van der Waals surface area contributed by atoms with Crippen LogP contribution < -0.4 is 4.90 Å². The average molecular weight is 509 g/mol. The van der Waals surface area contributed by atoms with Crippen molar-refractivity contribution in [2.75, 3.05) is 31.7 Å². The van der Waals surface area contributed by atoms with Crippen LogP contribution in [-0.4, -0.2) is 89.7 Å². The van der Waals surface area contributed by atoms with Gasteiger partial charge in [-0.15, -0.1) is 0 Å². The molecule has 4 heterocycles. The van der Waals surface area contributed by atoms with Crippen LogP contribution in [0.3, 0.4) is 0 Å². The Morgan fingerprint density at radius 1 is 1.19 bits per heavy atom. The third kappa shape index (κ3) is 6.11. The molecule has 0 amide bonds. The molecule has 0 saturated carbocycles. The molecule has 3 fully saturated rings. The predicted octanol–water partition coefficient (Wildman–Crippen LogP) is 2.16. The third-order valence-electron chi connectivity index (χ3n) is 7.72. The number of piperidine rings is 1. The topological polar surface area (TPSA) is 138 Å². The quantitative estimate of drug-likeness (QED) is 0.336. The maximum absolute atomic E-state index is 12.3. The molecule has 36 heavy (non-hydrogen) atoms. The van der Waals surface area contributed by atoms with Gasteiger partial charge in [0.05, 0.1) is 44.2 Å². The second-order valence-electron chi connectivity index (χ2n) is 10.5. The molecule has 1 aromatic heterocycles. The molecule has 0 unspecified atom stereocenters. The molecule has 3 saturated heterocycles. The number of ether oxygens (including phenoxy) is 3. The summed E-state index contributed by atoms with van der Waals surface area (Å²) in [5, 5.41) is 31.3. The summed E-state index contributed by atoms with van der Waals surface area (Å²) in [6.07, 6.45) is 2.82. The first kappa shape index (κ1) is 27.1. The zero-order valence-electron chi connectivity index (χ0n) is 21.6. The van der Waals surface area contributed by atoms with E-state index >= 15 is 0 Å². The predicted molar refractivity (Wildman–Crippen MR) is 132 cm³/mol. The van der Waals surface area contributed by atoms with Crippen LogP contribution in [0, 0.1) is 11.8 Å². The third-order valence-corrected chi connectivity index (χ3v) is 7.72. The molecule has 0 aromatic carbocycles. The summed E-state index contributed by atoms with van der Waals surface area (Å²) in [7, 11) is 1.32. The number of anilines is 1. The number of nitrogens with zero attached hydrogens (tertiary/aromatic N) is 2. The van der Waals surface area contributed by atoms with Crippen LogP contribution in [0.2, 0.25) is 0 Å². The summed E-state index contributed by atoms with van der Waals surface area (Å²) in [5.74, 6) is -0.0353. The van der Waals surface area contributed by atoms with Gasteiger partial charge in [0.1, 0.15) is 6.10 Å². The molecule has 1 aromatic rings. The molecule has 0 aliphatic carbocycles. The number of rotatable bonds is 9. The van der Waals surface area contributed by atoms with Gasteiger partial charge >= 0.3 is 5.97 Å². The number of aliphatic hydroxyl groups is 3. The lowest BCUT2D eigenvalue weighted by Crippen LogP contribution is -2.50. The van der Waals surface area contributed by atoms with Crippen molar-refractivity contribution in [1.82, 2.24) is 4.98 Å². The standard InChI is InChI=1S/C26H40N2O8/c1-14(11-20-27-21(26(32)33-4)25(36-20)28-8-6-5-7-9-28)10-18-23(31)22(30)17(13-34-18)12-19-24(35-19)15(2)16(3)29/h11,15-19,22-24,29-31H,5-10,12-13H2,1-4H3/b14-11+/t15-,16-,17-,18-,19-,22+,23-,24-/m0/s1. The molecule has 3 aliphatic rings. The minimum absolute atomic E-state index is 0.0208. The van der Waals surface area contributed by atoms with Crippen molar-refractivity contribution in [2.45, 2.75) is 89.5 Å². The summed E-state index contributed by atoms with van der Waals surface area (Å²) in [4.78, 5) is 18.7. The van der Waals surface area contributed by atoms with Crippen LogP contribution in [0.4, 0.5) is 5.88 Å². The maximum Gasteiger partial charge on any atom is 0.362 e. The first-order chi connectivity index (χ1) is 17.2. The van der Waals surface area contributed by atoms with E-state index in [-0.39, 0.29) is 29.7 Å². The molecule has 10 nitrogen and oxygen atoms in total. The monoisotopic (exact) mass is 508 g/mol. The van der Waals surface area contributed by atoms with E-state index in [1.165, 1.54) is 7.11 Å². The van der Waals surface area contributed by atoms with Gasteiger partial charge in [-0.1, -0.05) is 12.5 Å². The highest BCUT2D eigenvalue weighted by atomic mass is 16.6. The van der Waals surface area contributed by atoms with Gasteiger partial charge < -0.3 is 38.8 Å². The van der Waals surface area contributed by atoms with Crippen molar-refractivity contribution in [3.05, 3.63) is 17.2 Å². The van der Waals surface area contributed by atoms with Crippen LogP contribution in [-0.2, 0) is 14.2 Å². The molecule has 8 atom stereocenters. The minimum Gasteiger partial charge on any atom is -0.464 e. The van der Waals surface area contributed by atoms with Crippen LogP contribution in [0.15, 0.2) is 9.99 Å². The minimum atomic E-state index is -1.04. The molecule has 3 N–H and O–H groups in total. The molecule has 0 radical (unpaired) electrons. The lowest BCUT2D eigenvalue weighted by Gasteiger charge is -2.38. The van der Waals surface area contributed by atoms with Gasteiger partial charge in [0.15, 0.2) is 0 Å². The lowest BCUT2D eigenvalue weighted by atomic mass is 9.85. The fourth-order valence-electron chi connectivity index (χ4n) is 5.23. The van der Waals surface area contributed by atoms with E-state index in [0.717, 1.165) is 37.9 Å². The van der Waals surface area contributed by atoms with Crippen molar-refractivity contribution in [3.8, 4) is 0 Å². The fraction of sp³-hybridized carbons (Fsp3) is 0.769. The van der Waals surface area contributed by atoms with Gasteiger partial charge in [-0.05, 0) is 52.0 Å². The van der Waals surface area contributed by atoms with Gasteiger partial charge in [-0.2, -0.15) is 0 Å². The van der Waals surface area contributed by atoms with E-state index in [9.17, 15) is 20.1 Å². The van der Waals surface area contributed by atoms with Gasteiger partial charge in [-0.3, -0.25) is 0 Å². The number of aliphatic hydroxyl groups excluding tert-OH is 3. The highest BCUT2D eigenvalue weighted by Gasteiger charge is 2.48. The second kappa shape index (κ2) is 11.6. The molecular formula is C26H40N2O8. The molecule has 4 rings (SSSR count). The molecule has 10 heteroatoms. The van der Waals surface area contributed by atoms with Crippen LogP contribution in [0.1, 0.15) is 69.3 Å². The SMILES string of the molecule is COC(=O)c1nc(/C=C(\C)C[C@@H]2OC[C@H](C[C@@H]3O[C@H]3[C@@H](C)[C@H](C)O)[C@@H](O)[C@H]2O)oc1N1CCCCC1. The lowest BCUT2D eigenvalue weighted by molar-refractivity contribution is -0.165. The number of oxazole rings is 1. The zero-order chi connectivity index (χ0) is 26.0. The number of esters is 1. The first-order valence-corrected chi connectivity index (χ1v) is 13.0. The number of epoxide rings is 1. The number of carbonyl (C=O) groups excluding carboxylic acids is 1. The normalized spacial score (nSPS) is 32.8. The summed E-state index contributed by atoms with van der Waals surface area (Å²) >= 11 is 0. The second-order valence-corrected chi connectivity index (χ2v) is 10.5.